The molecule has 0 radical (unpaired) electrons. The van der Waals surface area contributed by atoms with Crippen LogP contribution in [-0.4, -0.2) is 29.0 Å². The fourth-order valence-corrected chi connectivity index (χ4v) is 1.37. The lowest BCUT2D eigenvalue weighted by Gasteiger charge is -2.24. The van der Waals surface area contributed by atoms with Crippen LogP contribution < -0.4 is 5.32 Å². The highest BCUT2D eigenvalue weighted by Gasteiger charge is 2.40. The van der Waals surface area contributed by atoms with Crippen molar-refractivity contribution in [2.24, 2.45) is 5.41 Å². The number of hydrogen-bond acceptors (Lipinski definition) is 2. The molecule has 0 bridgehead atoms. The molecule has 1 unspecified atom stereocenters. The van der Waals surface area contributed by atoms with E-state index in [9.17, 15) is 4.79 Å². The van der Waals surface area contributed by atoms with E-state index in [1.165, 1.54) is 4.90 Å². The van der Waals surface area contributed by atoms with Gasteiger partial charge in [0.05, 0.1) is 0 Å². The lowest BCUT2D eigenvalue weighted by Crippen LogP contribution is -2.41. The molecule has 1 aliphatic heterocycles. The van der Waals surface area contributed by atoms with E-state index in [1.54, 1.807) is 7.05 Å². The first-order chi connectivity index (χ1) is 5.34. The van der Waals surface area contributed by atoms with Crippen LogP contribution in [-0.2, 0) is 4.79 Å². The first kappa shape index (κ1) is 9.45. The monoisotopic (exact) mass is 186 g/mol. The minimum Gasteiger partial charge on any atom is -0.350 e. The van der Waals surface area contributed by atoms with Gasteiger partial charge in [-0.1, -0.05) is 20.8 Å². The van der Waals surface area contributed by atoms with E-state index in [1.807, 2.05) is 20.8 Å². The van der Waals surface area contributed by atoms with Crippen molar-refractivity contribution in [2.45, 2.75) is 26.8 Å². The van der Waals surface area contributed by atoms with Crippen molar-refractivity contribution in [3.8, 4) is 0 Å². The minimum absolute atomic E-state index is 0.0625. The maximum Gasteiger partial charge on any atom is 0.251 e. The summed E-state index contributed by atoms with van der Waals surface area (Å²) < 4.78 is 0. The summed E-state index contributed by atoms with van der Waals surface area (Å²) in [7, 11) is 1.70. The molecule has 0 aromatic rings. The van der Waals surface area contributed by atoms with Gasteiger partial charge in [0.15, 0.2) is 5.11 Å². The number of nitrogens with zero attached hydrogens (tertiary/aromatic N) is 1. The molecule has 1 N–H and O–H groups in total. The van der Waals surface area contributed by atoms with E-state index in [4.69, 9.17) is 12.2 Å². The molecule has 0 aliphatic carbocycles. The van der Waals surface area contributed by atoms with Crippen LogP contribution in [0, 0.1) is 5.41 Å². The molecule has 1 aliphatic rings. The largest absolute Gasteiger partial charge is 0.350 e. The Kier molecular flexibility index (Phi) is 2.12. The van der Waals surface area contributed by atoms with Crippen molar-refractivity contribution in [1.82, 2.24) is 10.2 Å². The highest BCUT2D eigenvalue weighted by molar-refractivity contribution is 7.80. The summed E-state index contributed by atoms with van der Waals surface area (Å²) in [6.45, 7) is 6.05. The van der Waals surface area contributed by atoms with Crippen LogP contribution in [0.2, 0.25) is 0 Å². The van der Waals surface area contributed by atoms with Crippen molar-refractivity contribution < 1.29 is 4.79 Å². The number of carbonyl (C=O) groups excluding carboxylic acids is 1. The first-order valence-corrected chi connectivity index (χ1v) is 4.33. The predicted molar refractivity (Wildman–Crippen MR) is 51.7 cm³/mol. The van der Waals surface area contributed by atoms with Crippen LogP contribution in [0.5, 0.6) is 0 Å². The normalized spacial score (nSPS) is 24.7. The molecular weight excluding hydrogens is 172 g/mol. The Morgan fingerprint density at radius 1 is 1.50 bits per heavy atom. The number of nitrogens with one attached hydrogen (secondary N) is 1. The molecule has 1 heterocycles. The third-order valence-corrected chi connectivity index (χ3v) is 2.41. The Bertz CT molecular complexity index is 232. The molecule has 3 nitrogen and oxygen atoms in total. The number of rotatable bonds is 0. The van der Waals surface area contributed by atoms with Crippen molar-refractivity contribution in [3.63, 3.8) is 0 Å². The highest BCUT2D eigenvalue weighted by atomic mass is 32.1. The van der Waals surface area contributed by atoms with Crippen LogP contribution in [0.25, 0.3) is 0 Å². The standard InChI is InChI=1S/C8H14N2OS/c1-8(2,3)5-6(11)10(4)7(12)9-5/h5H,1-4H3,(H,9,12). The summed E-state index contributed by atoms with van der Waals surface area (Å²) >= 11 is 4.96. The summed E-state index contributed by atoms with van der Waals surface area (Å²) in [6.07, 6.45) is 0. The minimum atomic E-state index is -0.171. The molecule has 0 spiro atoms. The lowest BCUT2D eigenvalue weighted by atomic mass is 9.87. The summed E-state index contributed by atoms with van der Waals surface area (Å²) in [6, 6.07) is -0.171. The van der Waals surface area contributed by atoms with Gasteiger partial charge in [-0.3, -0.25) is 9.69 Å². The van der Waals surface area contributed by atoms with Gasteiger partial charge in [0.25, 0.3) is 5.91 Å². The molecule has 12 heavy (non-hydrogen) atoms. The number of carbonyl (C=O) groups is 1. The Hall–Kier alpha value is -0.640. The number of likely N-dealkylation sites (N-methyl/N-ethyl adjacent to an activating group) is 1. The van der Waals surface area contributed by atoms with Gasteiger partial charge >= 0.3 is 0 Å². The van der Waals surface area contributed by atoms with Crippen LogP contribution >= 0.6 is 12.2 Å². The second-order valence-corrected chi connectivity index (χ2v) is 4.53. The maximum absolute atomic E-state index is 11.5. The van der Waals surface area contributed by atoms with Crippen LogP contribution in [0.15, 0.2) is 0 Å². The summed E-state index contributed by atoms with van der Waals surface area (Å²) in [5, 5.41) is 3.53. The topological polar surface area (TPSA) is 32.3 Å². The van der Waals surface area contributed by atoms with Gasteiger partial charge in [0.2, 0.25) is 0 Å². The number of hydrogen-bond donors (Lipinski definition) is 1. The van der Waals surface area contributed by atoms with Gasteiger partial charge < -0.3 is 5.32 Å². The predicted octanol–water partition coefficient (Wildman–Crippen LogP) is 0.748. The molecule has 1 saturated heterocycles. The average molecular weight is 186 g/mol. The zero-order valence-electron chi connectivity index (χ0n) is 7.84. The van der Waals surface area contributed by atoms with Crippen molar-refractivity contribution >= 4 is 23.2 Å². The molecule has 0 aromatic carbocycles. The fourth-order valence-electron chi connectivity index (χ4n) is 1.16. The first-order valence-electron chi connectivity index (χ1n) is 3.92. The molecule has 1 fully saturated rings. The molecular formula is C8H14N2OS. The Morgan fingerprint density at radius 2 is 2.00 bits per heavy atom. The highest BCUT2D eigenvalue weighted by Crippen LogP contribution is 2.24. The number of amides is 1. The van der Waals surface area contributed by atoms with E-state index in [0.717, 1.165) is 0 Å². The Balaban J connectivity index is 2.86. The second kappa shape index (κ2) is 2.69. The van der Waals surface area contributed by atoms with Gasteiger partial charge in [0, 0.05) is 7.05 Å². The van der Waals surface area contributed by atoms with Crippen LogP contribution in [0.4, 0.5) is 0 Å². The zero-order chi connectivity index (χ0) is 9.52. The zero-order valence-corrected chi connectivity index (χ0v) is 8.66. The summed E-state index contributed by atoms with van der Waals surface area (Å²) in [5.41, 5.74) is -0.0775. The fraction of sp³-hybridized carbons (Fsp3) is 0.750. The quantitative estimate of drug-likeness (QED) is 0.567. The van der Waals surface area contributed by atoms with E-state index in [0.29, 0.717) is 5.11 Å². The van der Waals surface area contributed by atoms with Gasteiger partial charge in [-0.2, -0.15) is 0 Å². The molecule has 1 rings (SSSR count). The van der Waals surface area contributed by atoms with Gasteiger partial charge in [-0.05, 0) is 17.6 Å². The van der Waals surface area contributed by atoms with Crippen molar-refractivity contribution in [2.75, 3.05) is 7.05 Å². The van der Waals surface area contributed by atoms with Gasteiger partial charge in [0.1, 0.15) is 6.04 Å². The van der Waals surface area contributed by atoms with Gasteiger partial charge in [-0.25, -0.2) is 0 Å². The van der Waals surface area contributed by atoms with Crippen molar-refractivity contribution in [1.29, 1.82) is 0 Å². The molecule has 4 heteroatoms. The van der Waals surface area contributed by atoms with E-state index >= 15 is 0 Å². The third kappa shape index (κ3) is 1.43. The molecule has 0 aromatic heterocycles. The van der Waals surface area contributed by atoms with Crippen molar-refractivity contribution in [3.05, 3.63) is 0 Å². The summed E-state index contributed by atoms with van der Waals surface area (Å²) in [5.74, 6) is 0.0625. The average Bonchev–Trinajstić information content (AvgIpc) is 2.15. The summed E-state index contributed by atoms with van der Waals surface area (Å²) in [4.78, 5) is 13.0. The third-order valence-electron chi connectivity index (χ3n) is 2.02. The SMILES string of the molecule is CN1C(=O)C(C(C)(C)C)NC1=S. The van der Waals surface area contributed by atoms with E-state index in [-0.39, 0.29) is 17.4 Å². The van der Waals surface area contributed by atoms with Crippen LogP contribution in [0.3, 0.4) is 0 Å². The van der Waals surface area contributed by atoms with Crippen LogP contribution in [0.1, 0.15) is 20.8 Å². The molecule has 1 atom stereocenters. The molecule has 0 saturated carbocycles. The Labute approximate surface area is 78.1 Å². The molecule has 1 amide bonds. The smallest absolute Gasteiger partial charge is 0.251 e. The van der Waals surface area contributed by atoms with E-state index < -0.39 is 0 Å². The maximum atomic E-state index is 11.5. The van der Waals surface area contributed by atoms with Gasteiger partial charge in [-0.15, -0.1) is 0 Å². The number of thiocarbonyl (C=S) groups is 1. The second-order valence-electron chi connectivity index (χ2n) is 4.15. The lowest BCUT2D eigenvalue weighted by molar-refractivity contribution is -0.128. The molecule has 68 valence electrons. The van der Waals surface area contributed by atoms with E-state index in [2.05, 4.69) is 5.32 Å². The Morgan fingerprint density at radius 3 is 2.17 bits per heavy atom.